The molecule has 0 radical (unpaired) electrons. The first-order chi connectivity index (χ1) is 18.5. The molecule has 7 nitrogen and oxygen atoms in total. The van der Waals surface area contributed by atoms with E-state index in [0.29, 0.717) is 0 Å². The first-order valence-electron chi connectivity index (χ1n) is 12.5. The maximum atomic E-state index is 11.4. The van der Waals surface area contributed by atoms with Crippen molar-refractivity contribution in [2.24, 2.45) is 11.7 Å². The van der Waals surface area contributed by atoms with Gasteiger partial charge >= 0.3 is 12.1 Å². The second kappa shape index (κ2) is 11.7. The van der Waals surface area contributed by atoms with Gasteiger partial charge in [-0.2, -0.15) is 13.2 Å². The number of hydrogen-bond acceptors (Lipinski definition) is 4. The van der Waals surface area contributed by atoms with Crippen LogP contribution in [0.3, 0.4) is 0 Å². The van der Waals surface area contributed by atoms with E-state index in [1.54, 1.807) is 0 Å². The highest BCUT2D eigenvalue weighted by Crippen LogP contribution is 2.28. The number of amides is 1. The number of carboxylic acid groups (broad SMARTS) is 1. The highest BCUT2D eigenvalue weighted by molar-refractivity contribution is 5.83. The van der Waals surface area contributed by atoms with Crippen molar-refractivity contribution < 1.29 is 27.9 Å². The first-order valence-corrected chi connectivity index (χ1v) is 12.5. The van der Waals surface area contributed by atoms with Crippen molar-refractivity contribution in [3.05, 3.63) is 77.9 Å². The lowest BCUT2D eigenvalue weighted by Gasteiger charge is -2.30. The lowest BCUT2D eigenvalue weighted by atomic mass is 9.96. The molecular weight excluding hydrogens is 509 g/mol. The Labute approximate surface area is 223 Å². The number of halogens is 3. The fourth-order valence-corrected chi connectivity index (χ4v) is 4.59. The zero-order chi connectivity index (χ0) is 28.2. The number of hydrogen-bond donors (Lipinski definition) is 3. The van der Waals surface area contributed by atoms with E-state index in [9.17, 15) is 18.0 Å². The molecule has 0 bridgehead atoms. The molecule has 3 aromatic carbocycles. The van der Waals surface area contributed by atoms with Gasteiger partial charge in [0.2, 0.25) is 5.91 Å². The zero-order valence-electron chi connectivity index (χ0n) is 21.3. The number of imidazole rings is 1. The van der Waals surface area contributed by atoms with Crippen molar-refractivity contribution in [2.45, 2.75) is 32.5 Å². The van der Waals surface area contributed by atoms with Crippen LogP contribution in [0.25, 0.3) is 33.5 Å². The Balaban J connectivity index is 0.000000448. The number of nitrogens with one attached hydrogen (secondary N) is 1. The van der Waals surface area contributed by atoms with Crippen LogP contribution >= 0.6 is 0 Å². The summed E-state index contributed by atoms with van der Waals surface area (Å²) in [6.45, 7) is 4.85. The average molecular weight is 539 g/mol. The molecule has 0 aliphatic carbocycles. The molecule has 39 heavy (non-hydrogen) atoms. The number of nitrogens with two attached hydrogens (primary N) is 1. The number of carbonyl (C=O) groups excluding carboxylic acids is 1. The van der Waals surface area contributed by atoms with Gasteiger partial charge in [-0.3, -0.25) is 9.69 Å². The fraction of sp³-hybridized carbons (Fsp3) is 0.276. The third-order valence-corrected chi connectivity index (χ3v) is 6.78. The van der Waals surface area contributed by atoms with Gasteiger partial charge in [0.05, 0.1) is 11.0 Å². The smallest absolute Gasteiger partial charge is 0.475 e. The monoisotopic (exact) mass is 538 g/mol. The second-order valence-electron chi connectivity index (χ2n) is 9.59. The highest BCUT2D eigenvalue weighted by Gasteiger charge is 2.38. The molecule has 2 heterocycles. The van der Waals surface area contributed by atoms with Crippen LogP contribution in [-0.4, -0.2) is 51.1 Å². The van der Waals surface area contributed by atoms with Gasteiger partial charge in [-0.1, -0.05) is 54.6 Å². The Hall–Kier alpha value is -4.18. The van der Waals surface area contributed by atoms with Crippen molar-refractivity contribution in [1.29, 1.82) is 0 Å². The summed E-state index contributed by atoms with van der Waals surface area (Å²) in [7, 11) is 0. The summed E-state index contributed by atoms with van der Waals surface area (Å²) in [5, 5.41) is 7.12. The predicted octanol–water partition coefficient (Wildman–Crippen LogP) is 5.54. The minimum absolute atomic E-state index is 0.0385. The van der Waals surface area contributed by atoms with Gasteiger partial charge in [0, 0.05) is 18.0 Å². The van der Waals surface area contributed by atoms with Crippen LogP contribution in [0.15, 0.2) is 66.7 Å². The van der Waals surface area contributed by atoms with Crippen LogP contribution in [0.2, 0.25) is 0 Å². The molecule has 204 valence electrons. The van der Waals surface area contributed by atoms with Crippen molar-refractivity contribution in [2.75, 3.05) is 13.1 Å². The summed E-state index contributed by atoms with van der Waals surface area (Å²) in [6.07, 6.45) is -3.36. The van der Waals surface area contributed by atoms with Gasteiger partial charge in [0.15, 0.2) is 0 Å². The van der Waals surface area contributed by atoms with Crippen LogP contribution in [0.5, 0.6) is 0 Å². The molecular formula is C29H29F3N4O3. The third-order valence-electron chi connectivity index (χ3n) is 6.78. The summed E-state index contributed by atoms with van der Waals surface area (Å²) in [4.78, 5) is 30.9. The summed E-state index contributed by atoms with van der Waals surface area (Å²) in [5.41, 5.74) is 13.4. The van der Waals surface area contributed by atoms with Crippen molar-refractivity contribution in [3.8, 4) is 22.5 Å². The second-order valence-corrected chi connectivity index (χ2v) is 9.59. The number of aromatic nitrogens is 2. The van der Waals surface area contributed by atoms with E-state index in [0.717, 1.165) is 54.9 Å². The van der Waals surface area contributed by atoms with E-state index in [2.05, 4.69) is 83.5 Å². The summed E-state index contributed by atoms with van der Waals surface area (Å²) in [5.74, 6) is -1.98. The van der Waals surface area contributed by atoms with E-state index in [1.807, 2.05) is 0 Å². The van der Waals surface area contributed by atoms with Gasteiger partial charge in [0.1, 0.15) is 5.82 Å². The number of rotatable bonds is 5. The predicted molar refractivity (Wildman–Crippen MR) is 143 cm³/mol. The topological polar surface area (TPSA) is 112 Å². The number of aliphatic carboxylic acids is 1. The van der Waals surface area contributed by atoms with Crippen LogP contribution in [-0.2, 0) is 16.1 Å². The number of aryl methyl sites for hydroxylation is 1. The molecule has 1 aliphatic heterocycles. The van der Waals surface area contributed by atoms with Gasteiger partial charge in [-0.15, -0.1) is 0 Å². The highest BCUT2D eigenvalue weighted by atomic mass is 19.4. The number of piperidine rings is 1. The van der Waals surface area contributed by atoms with Crippen LogP contribution < -0.4 is 5.73 Å². The Morgan fingerprint density at radius 3 is 2.21 bits per heavy atom. The number of aromatic amines is 1. The van der Waals surface area contributed by atoms with Gasteiger partial charge in [-0.25, -0.2) is 9.78 Å². The maximum Gasteiger partial charge on any atom is 0.490 e. The molecule has 4 aromatic rings. The standard InChI is InChI=1S/C27H28N4O.C2HF3O2/c1-18-4-2-7-24-25(18)30-27(29-24)23-6-3-5-22(16-23)20-10-8-19(9-11-20)17-31-14-12-21(13-15-31)26(28)32;3-2(4,5)1(6)7/h2-11,16,21H,12-15,17H2,1H3,(H2,28,32)(H,29,30);(H,6,7). The Morgan fingerprint density at radius 1 is 1.00 bits per heavy atom. The number of likely N-dealkylation sites (tertiary alicyclic amines) is 1. The van der Waals surface area contributed by atoms with E-state index in [4.69, 9.17) is 20.6 Å². The molecule has 1 saturated heterocycles. The number of para-hydroxylation sites is 1. The summed E-state index contributed by atoms with van der Waals surface area (Å²) >= 11 is 0. The zero-order valence-corrected chi connectivity index (χ0v) is 21.3. The number of carbonyl (C=O) groups is 2. The number of benzene rings is 3. The normalized spacial score (nSPS) is 14.6. The fourth-order valence-electron chi connectivity index (χ4n) is 4.59. The molecule has 4 N–H and O–H groups in total. The van der Waals surface area contributed by atoms with E-state index in [-0.39, 0.29) is 11.8 Å². The van der Waals surface area contributed by atoms with Crippen molar-refractivity contribution in [3.63, 3.8) is 0 Å². The molecule has 1 aliphatic rings. The molecule has 0 spiro atoms. The number of carboxylic acids is 1. The Morgan fingerprint density at radius 2 is 1.62 bits per heavy atom. The van der Waals surface area contributed by atoms with E-state index >= 15 is 0 Å². The van der Waals surface area contributed by atoms with Gasteiger partial charge in [0.25, 0.3) is 0 Å². The molecule has 0 atom stereocenters. The summed E-state index contributed by atoms with van der Waals surface area (Å²) in [6, 6.07) is 23.5. The molecule has 0 unspecified atom stereocenters. The number of H-pyrrole nitrogens is 1. The van der Waals surface area contributed by atoms with Crippen LogP contribution in [0.1, 0.15) is 24.0 Å². The van der Waals surface area contributed by atoms with Crippen molar-refractivity contribution >= 4 is 22.9 Å². The van der Waals surface area contributed by atoms with Gasteiger partial charge in [-0.05, 0) is 67.2 Å². The number of fused-ring (bicyclic) bond motifs is 1. The number of alkyl halides is 3. The van der Waals surface area contributed by atoms with Crippen molar-refractivity contribution in [1.82, 2.24) is 14.9 Å². The third kappa shape index (κ3) is 7.02. The molecule has 10 heteroatoms. The first kappa shape index (κ1) is 27.8. The lowest BCUT2D eigenvalue weighted by Crippen LogP contribution is -2.38. The minimum Gasteiger partial charge on any atom is -0.475 e. The number of primary amides is 1. The molecule has 1 aromatic heterocycles. The number of nitrogens with zero attached hydrogens (tertiary/aromatic N) is 2. The molecule has 5 rings (SSSR count). The quantitative estimate of drug-likeness (QED) is 0.309. The maximum absolute atomic E-state index is 11.4. The minimum atomic E-state index is -5.08. The Kier molecular flexibility index (Phi) is 8.35. The van der Waals surface area contributed by atoms with Crippen LogP contribution in [0, 0.1) is 12.8 Å². The van der Waals surface area contributed by atoms with Gasteiger partial charge < -0.3 is 15.8 Å². The summed E-state index contributed by atoms with van der Waals surface area (Å²) < 4.78 is 31.7. The molecule has 0 saturated carbocycles. The van der Waals surface area contributed by atoms with Crippen LogP contribution in [0.4, 0.5) is 13.2 Å². The largest absolute Gasteiger partial charge is 0.490 e. The lowest BCUT2D eigenvalue weighted by molar-refractivity contribution is -0.192. The van der Waals surface area contributed by atoms with E-state index < -0.39 is 12.1 Å². The average Bonchev–Trinajstić information content (AvgIpc) is 3.35. The molecule has 1 amide bonds. The SMILES string of the molecule is Cc1cccc2[nH]c(-c3cccc(-c4ccc(CN5CCC(C(N)=O)CC5)cc4)c3)nc12.O=C(O)C(F)(F)F. The molecule has 1 fully saturated rings. The van der Waals surface area contributed by atoms with E-state index in [1.165, 1.54) is 22.3 Å². The Bertz CT molecular complexity index is 1460.